The van der Waals surface area contributed by atoms with E-state index in [2.05, 4.69) is 4.98 Å². The summed E-state index contributed by atoms with van der Waals surface area (Å²) < 4.78 is 5.67. The molecule has 0 spiro atoms. The summed E-state index contributed by atoms with van der Waals surface area (Å²) in [5.74, 6) is 0.644. The second kappa shape index (κ2) is 7.64. The first-order chi connectivity index (χ1) is 12.4. The molecule has 0 bridgehead atoms. The van der Waals surface area contributed by atoms with Crippen molar-refractivity contribution in [2.24, 2.45) is 0 Å². The molecule has 1 aliphatic carbocycles. The standard InChI is InChI=1S/C20H29N3O3/c1-20(2,3)26-19(25)23(15-8-6-9-15)18-16(10-7-12-21-18)17-11-4-5-13-22(17)14-24/h7,10,12,14-15,17H,4-6,8-9,11,13H2,1-3H3/t17-/m0/s1. The highest BCUT2D eigenvalue weighted by Gasteiger charge is 2.37. The number of ether oxygens (including phenoxy) is 1. The third kappa shape index (κ3) is 4.00. The third-order valence-electron chi connectivity index (χ3n) is 5.11. The van der Waals surface area contributed by atoms with Crippen LogP contribution in [0.25, 0.3) is 0 Å². The molecule has 1 saturated carbocycles. The number of pyridine rings is 1. The van der Waals surface area contributed by atoms with Crippen LogP contribution in [0.1, 0.15) is 70.9 Å². The van der Waals surface area contributed by atoms with E-state index in [1.807, 2.05) is 37.8 Å². The Kier molecular flexibility index (Phi) is 5.49. The van der Waals surface area contributed by atoms with E-state index in [1.54, 1.807) is 11.1 Å². The highest BCUT2D eigenvalue weighted by atomic mass is 16.6. The first-order valence-electron chi connectivity index (χ1n) is 9.59. The second-order valence-corrected chi connectivity index (χ2v) is 8.21. The van der Waals surface area contributed by atoms with Gasteiger partial charge in [0.15, 0.2) is 0 Å². The number of piperidine rings is 1. The average molecular weight is 359 g/mol. The van der Waals surface area contributed by atoms with E-state index < -0.39 is 5.60 Å². The second-order valence-electron chi connectivity index (χ2n) is 8.21. The molecule has 3 rings (SSSR count). The van der Waals surface area contributed by atoms with E-state index in [0.29, 0.717) is 5.82 Å². The van der Waals surface area contributed by atoms with Gasteiger partial charge in [0.2, 0.25) is 6.41 Å². The number of anilines is 1. The number of carbonyl (C=O) groups excluding carboxylic acids is 2. The van der Waals surface area contributed by atoms with Crippen molar-refractivity contribution >= 4 is 18.3 Å². The Balaban J connectivity index is 1.96. The van der Waals surface area contributed by atoms with E-state index in [9.17, 15) is 9.59 Å². The van der Waals surface area contributed by atoms with Gasteiger partial charge in [0, 0.05) is 24.3 Å². The van der Waals surface area contributed by atoms with E-state index in [1.165, 1.54) is 0 Å². The maximum Gasteiger partial charge on any atom is 0.416 e. The highest BCUT2D eigenvalue weighted by molar-refractivity contribution is 5.88. The van der Waals surface area contributed by atoms with Crippen molar-refractivity contribution in [2.45, 2.75) is 77.0 Å². The number of carbonyl (C=O) groups is 2. The van der Waals surface area contributed by atoms with E-state index in [-0.39, 0.29) is 18.2 Å². The fourth-order valence-electron chi connectivity index (χ4n) is 3.65. The molecule has 142 valence electrons. The van der Waals surface area contributed by atoms with Gasteiger partial charge in [0.05, 0.1) is 6.04 Å². The number of likely N-dealkylation sites (tertiary alicyclic amines) is 1. The molecule has 2 amide bonds. The normalized spacial score (nSPS) is 21.0. The summed E-state index contributed by atoms with van der Waals surface area (Å²) in [6, 6.07) is 3.96. The molecule has 0 unspecified atom stereocenters. The van der Waals surface area contributed by atoms with Crippen LogP contribution in [0.2, 0.25) is 0 Å². The lowest BCUT2D eigenvalue weighted by Gasteiger charge is -2.40. The summed E-state index contributed by atoms with van der Waals surface area (Å²) in [6.07, 6.45) is 8.28. The molecule has 1 atom stereocenters. The predicted molar refractivity (Wildman–Crippen MR) is 100.0 cm³/mol. The van der Waals surface area contributed by atoms with Crippen LogP contribution in [0.5, 0.6) is 0 Å². The Bertz CT molecular complexity index is 652. The van der Waals surface area contributed by atoms with Gasteiger partial charge in [0.1, 0.15) is 11.4 Å². The molecule has 2 fully saturated rings. The largest absolute Gasteiger partial charge is 0.443 e. The molecule has 1 aliphatic heterocycles. The maximum absolute atomic E-state index is 13.0. The fraction of sp³-hybridized carbons (Fsp3) is 0.650. The van der Waals surface area contributed by atoms with Crippen molar-refractivity contribution in [1.29, 1.82) is 0 Å². The SMILES string of the molecule is CC(C)(C)OC(=O)N(c1ncccc1[C@@H]1CCCCN1C=O)C1CCC1. The first kappa shape index (κ1) is 18.7. The van der Waals surface area contributed by atoms with Crippen molar-refractivity contribution in [3.63, 3.8) is 0 Å². The zero-order chi connectivity index (χ0) is 18.7. The minimum atomic E-state index is -0.562. The number of hydrogen-bond donors (Lipinski definition) is 0. The van der Waals surface area contributed by atoms with Gasteiger partial charge in [-0.25, -0.2) is 9.78 Å². The summed E-state index contributed by atoms with van der Waals surface area (Å²) in [7, 11) is 0. The number of hydrogen-bond acceptors (Lipinski definition) is 4. The van der Waals surface area contributed by atoms with Crippen molar-refractivity contribution in [3.8, 4) is 0 Å². The van der Waals surface area contributed by atoms with Crippen LogP contribution < -0.4 is 4.90 Å². The molecule has 2 aliphatic rings. The molecule has 6 heteroatoms. The van der Waals surface area contributed by atoms with E-state index >= 15 is 0 Å². The van der Waals surface area contributed by atoms with Crippen molar-refractivity contribution in [3.05, 3.63) is 23.9 Å². The van der Waals surface area contributed by atoms with Gasteiger partial charge in [-0.05, 0) is 65.4 Å². The van der Waals surface area contributed by atoms with Gasteiger partial charge in [-0.15, -0.1) is 0 Å². The molecule has 1 saturated heterocycles. The third-order valence-corrected chi connectivity index (χ3v) is 5.11. The average Bonchev–Trinajstić information content (AvgIpc) is 2.56. The number of aromatic nitrogens is 1. The zero-order valence-corrected chi connectivity index (χ0v) is 16.0. The molecule has 1 aromatic rings. The van der Waals surface area contributed by atoms with Gasteiger partial charge >= 0.3 is 6.09 Å². The van der Waals surface area contributed by atoms with Crippen LogP contribution >= 0.6 is 0 Å². The van der Waals surface area contributed by atoms with E-state index in [0.717, 1.165) is 57.0 Å². The van der Waals surface area contributed by atoms with Crippen LogP contribution in [-0.4, -0.2) is 40.6 Å². The van der Waals surface area contributed by atoms with Crippen molar-refractivity contribution < 1.29 is 14.3 Å². The van der Waals surface area contributed by atoms with Gasteiger partial charge in [-0.2, -0.15) is 0 Å². The molecule has 0 aromatic carbocycles. The molecule has 0 radical (unpaired) electrons. The van der Waals surface area contributed by atoms with Crippen LogP contribution in [0.15, 0.2) is 18.3 Å². The molecule has 2 heterocycles. The minimum absolute atomic E-state index is 0.0324. The molecule has 0 N–H and O–H groups in total. The zero-order valence-electron chi connectivity index (χ0n) is 16.0. The van der Waals surface area contributed by atoms with Gasteiger partial charge < -0.3 is 9.64 Å². The summed E-state index contributed by atoms with van der Waals surface area (Å²) in [4.78, 5) is 32.6. The fourth-order valence-corrected chi connectivity index (χ4v) is 3.65. The summed E-state index contributed by atoms with van der Waals surface area (Å²) in [6.45, 7) is 6.37. The molecule has 6 nitrogen and oxygen atoms in total. The lowest BCUT2D eigenvalue weighted by atomic mass is 9.90. The Labute approximate surface area is 155 Å². The van der Waals surface area contributed by atoms with Crippen molar-refractivity contribution in [2.75, 3.05) is 11.4 Å². The topological polar surface area (TPSA) is 62.7 Å². The smallest absolute Gasteiger partial charge is 0.416 e. The molecular weight excluding hydrogens is 330 g/mol. The Morgan fingerprint density at radius 2 is 2.04 bits per heavy atom. The molecule has 26 heavy (non-hydrogen) atoms. The number of nitrogens with zero attached hydrogens (tertiary/aromatic N) is 3. The summed E-state index contributed by atoms with van der Waals surface area (Å²) in [5.41, 5.74) is 0.380. The quantitative estimate of drug-likeness (QED) is 0.761. The number of amides is 2. The van der Waals surface area contributed by atoms with Crippen molar-refractivity contribution in [1.82, 2.24) is 9.88 Å². The Morgan fingerprint density at radius 1 is 1.27 bits per heavy atom. The van der Waals surface area contributed by atoms with Crippen LogP contribution in [-0.2, 0) is 9.53 Å². The van der Waals surface area contributed by atoms with Gasteiger partial charge in [-0.3, -0.25) is 9.69 Å². The Hall–Kier alpha value is -2.11. The van der Waals surface area contributed by atoms with Crippen LogP contribution in [0.4, 0.5) is 10.6 Å². The van der Waals surface area contributed by atoms with Gasteiger partial charge in [0.25, 0.3) is 0 Å². The Morgan fingerprint density at radius 3 is 2.65 bits per heavy atom. The minimum Gasteiger partial charge on any atom is -0.443 e. The lowest BCUT2D eigenvalue weighted by Crippen LogP contribution is -2.48. The monoisotopic (exact) mass is 359 g/mol. The van der Waals surface area contributed by atoms with Crippen LogP contribution in [0, 0.1) is 0 Å². The highest BCUT2D eigenvalue weighted by Crippen LogP contribution is 2.38. The summed E-state index contributed by atoms with van der Waals surface area (Å²) >= 11 is 0. The molecule has 1 aromatic heterocycles. The van der Waals surface area contributed by atoms with Gasteiger partial charge in [-0.1, -0.05) is 6.07 Å². The van der Waals surface area contributed by atoms with Crippen LogP contribution in [0.3, 0.4) is 0 Å². The van der Waals surface area contributed by atoms with E-state index in [4.69, 9.17) is 4.74 Å². The predicted octanol–water partition coefficient (Wildman–Crippen LogP) is 4.06. The molecular formula is C20H29N3O3. The maximum atomic E-state index is 13.0. The first-order valence-corrected chi connectivity index (χ1v) is 9.59. The summed E-state index contributed by atoms with van der Waals surface area (Å²) in [5, 5.41) is 0. The lowest BCUT2D eigenvalue weighted by molar-refractivity contribution is -0.121. The number of rotatable bonds is 4.